The monoisotopic (exact) mass is 291 g/mol. The Bertz CT molecular complexity index is 534. The molecular weight excluding hydrogens is 266 g/mol. The van der Waals surface area contributed by atoms with Crippen molar-refractivity contribution in [3.63, 3.8) is 0 Å². The van der Waals surface area contributed by atoms with Crippen molar-refractivity contribution < 1.29 is 0 Å². The van der Waals surface area contributed by atoms with E-state index in [4.69, 9.17) is 5.73 Å². The minimum absolute atomic E-state index is 0.804. The van der Waals surface area contributed by atoms with Gasteiger partial charge in [-0.25, -0.2) is 4.98 Å². The molecule has 2 aromatic rings. The summed E-state index contributed by atoms with van der Waals surface area (Å²) in [7, 11) is 0. The zero-order chi connectivity index (χ0) is 14.4. The van der Waals surface area contributed by atoms with Crippen LogP contribution in [0.2, 0.25) is 0 Å². The number of fused-ring (bicyclic) bond motifs is 1. The Hall–Kier alpha value is -1.29. The average Bonchev–Trinajstić information content (AvgIpc) is 2.79. The molecule has 1 aromatic carbocycles. The van der Waals surface area contributed by atoms with E-state index in [1.54, 1.807) is 11.3 Å². The standard InChI is InChI=1S/C16H25N3S/c1-12(2)7-5-3-4-6-10-18-16-19-14-9-8-13(17)11-15(14)20-16/h8-9,11-12H,3-7,10,17H2,1-2H3,(H,18,19). The van der Waals surface area contributed by atoms with Crippen molar-refractivity contribution >= 4 is 32.4 Å². The Kier molecular flexibility index (Phi) is 5.65. The van der Waals surface area contributed by atoms with Crippen molar-refractivity contribution in [2.24, 2.45) is 5.92 Å². The van der Waals surface area contributed by atoms with Crippen molar-refractivity contribution in [3.8, 4) is 0 Å². The molecule has 0 spiro atoms. The number of thiazole rings is 1. The maximum absolute atomic E-state index is 5.78. The summed E-state index contributed by atoms with van der Waals surface area (Å²) in [4.78, 5) is 4.56. The molecule has 0 aliphatic heterocycles. The number of nitrogen functional groups attached to an aromatic ring is 1. The van der Waals surface area contributed by atoms with Crippen LogP contribution in [0.15, 0.2) is 18.2 Å². The molecule has 0 bridgehead atoms. The van der Waals surface area contributed by atoms with E-state index in [1.807, 2.05) is 18.2 Å². The molecule has 110 valence electrons. The van der Waals surface area contributed by atoms with Gasteiger partial charge in [-0.05, 0) is 30.5 Å². The molecule has 0 fully saturated rings. The summed E-state index contributed by atoms with van der Waals surface area (Å²) in [5.74, 6) is 0.836. The number of unbranched alkanes of at least 4 members (excludes halogenated alkanes) is 3. The van der Waals surface area contributed by atoms with Gasteiger partial charge in [-0.3, -0.25) is 0 Å². The normalized spacial score (nSPS) is 11.3. The molecule has 2 rings (SSSR count). The summed E-state index contributed by atoms with van der Waals surface area (Å²) in [6.45, 7) is 5.60. The number of aromatic nitrogens is 1. The molecule has 0 aliphatic carbocycles. The van der Waals surface area contributed by atoms with Gasteiger partial charge in [0.15, 0.2) is 5.13 Å². The third kappa shape index (κ3) is 4.67. The van der Waals surface area contributed by atoms with Gasteiger partial charge in [0.25, 0.3) is 0 Å². The van der Waals surface area contributed by atoms with E-state index in [1.165, 1.54) is 32.1 Å². The van der Waals surface area contributed by atoms with E-state index in [-0.39, 0.29) is 0 Å². The molecule has 4 heteroatoms. The average molecular weight is 291 g/mol. The highest BCUT2D eigenvalue weighted by molar-refractivity contribution is 7.22. The molecular formula is C16H25N3S. The second kappa shape index (κ2) is 7.48. The van der Waals surface area contributed by atoms with Crippen molar-refractivity contribution in [2.45, 2.75) is 46.0 Å². The van der Waals surface area contributed by atoms with E-state index in [0.29, 0.717) is 0 Å². The van der Waals surface area contributed by atoms with E-state index in [0.717, 1.165) is 33.5 Å². The lowest BCUT2D eigenvalue weighted by Gasteiger charge is -2.04. The molecule has 20 heavy (non-hydrogen) atoms. The summed E-state index contributed by atoms with van der Waals surface area (Å²) in [6, 6.07) is 5.88. The van der Waals surface area contributed by atoms with Gasteiger partial charge in [0.2, 0.25) is 0 Å². The zero-order valence-electron chi connectivity index (χ0n) is 12.5. The first-order valence-electron chi connectivity index (χ1n) is 7.55. The van der Waals surface area contributed by atoms with E-state index >= 15 is 0 Å². The summed E-state index contributed by atoms with van der Waals surface area (Å²) in [5.41, 5.74) is 7.62. The smallest absolute Gasteiger partial charge is 0.183 e. The van der Waals surface area contributed by atoms with Gasteiger partial charge in [0.05, 0.1) is 10.2 Å². The van der Waals surface area contributed by atoms with Gasteiger partial charge in [0, 0.05) is 12.2 Å². The number of nitrogens with zero attached hydrogens (tertiary/aromatic N) is 1. The Labute approximate surface area is 125 Å². The molecule has 0 saturated heterocycles. The zero-order valence-corrected chi connectivity index (χ0v) is 13.3. The Morgan fingerprint density at radius 1 is 1.20 bits per heavy atom. The van der Waals surface area contributed by atoms with E-state index in [9.17, 15) is 0 Å². The Balaban J connectivity index is 1.68. The van der Waals surface area contributed by atoms with Crippen LogP contribution in [-0.2, 0) is 0 Å². The largest absolute Gasteiger partial charge is 0.399 e. The molecule has 3 N–H and O–H groups in total. The first kappa shape index (κ1) is 15.1. The first-order valence-corrected chi connectivity index (χ1v) is 8.37. The van der Waals surface area contributed by atoms with Crippen molar-refractivity contribution in [1.82, 2.24) is 4.98 Å². The number of benzene rings is 1. The fourth-order valence-corrected chi connectivity index (χ4v) is 3.18. The molecule has 1 heterocycles. The van der Waals surface area contributed by atoms with Crippen LogP contribution < -0.4 is 11.1 Å². The van der Waals surface area contributed by atoms with Crippen LogP contribution in [0.4, 0.5) is 10.8 Å². The third-order valence-electron chi connectivity index (χ3n) is 3.40. The fraction of sp³-hybridized carbons (Fsp3) is 0.562. The second-order valence-corrected chi connectivity index (χ2v) is 6.80. The van der Waals surface area contributed by atoms with Gasteiger partial charge in [-0.1, -0.05) is 50.9 Å². The highest BCUT2D eigenvalue weighted by atomic mass is 32.1. The van der Waals surface area contributed by atoms with Crippen LogP contribution in [0.3, 0.4) is 0 Å². The van der Waals surface area contributed by atoms with Gasteiger partial charge in [-0.15, -0.1) is 0 Å². The third-order valence-corrected chi connectivity index (χ3v) is 4.37. The van der Waals surface area contributed by atoms with Gasteiger partial charge in [-0.2, -0.15) is 0 Å². The van der Waals surface area contributed by atoms with Crippen LogP contribution in [0.1, 0.15) is 46.0 Å². The SMILES string of the molecule is CC(C)CCCCCCNc1nc2ccc(N)cc2s1. The molecule has 0 unspecified atom stereocenters. The summed E-state index contributed by atoms with van der Waals surface area (Å²) in [6.07, 6.45) is 6.58. The molecule has 0 amide bonds. The lowest BCUT2D eigenvalue weighted by atomic mass is 10.0. The quantitative estimate of drug-likeness (QED) is 0.537. The lowest BCUT2D eigenvalue weighted by Crippen LogP contribution is -2.00. The summed E-state index contributed by atoms with van der Waals surface area (Å²) in [5, 5.41) is 4.43. The van der Waals surface area contributed by atoms with Gasteiger partial charge in [0.1, 0.15) is 0 Å². The molecule has 0 saturated carbocycles. The first-order chi connectivity index (χ1) is 9.65. The number of hydrogen-bond acceptors (Lipinski definition) is 4. The van der Waals surface area contributed by atoms with Gasteiger partial charge >= 0.3 is 0 Å². The predicted molar refractivity (Wildman–Crippen MR) is 90.4 cm³/mol. The Morgan fingerprint density at radius 3 is 2.80 bits per heavy atom. The van der Waals surface area contributed by atoms with Crippen LogP contribution in [0.25, 0.3) is 10.2 Å². The van der Waals surface area contributed by atoms with Crippen LogP contribution in [-0.4, -0.2) is 11.5 Å². The highest BCUT2D eigenvalue weighted by Gasteiger charge is 2.03. The minimum atomic E-state index is 0.804. The minimum Gasteiger partial charge on any atom is -0.399 e. The molecule has 3 nitrogen and oxygen atoms in total. The maximum atomic E-state index is 5.78. The molecule has 1 aromatic heterocycles. The van der Waals surface area contributed by atoms with Crippen molar-refractivity contribution in [1.29, 1.82) is 0 Å². The number of hydrogen-bond donors (Lipinski definition) is 2. The molecule has 0 radical (unpaired) electrons. The van der Waals surface area contributed by atoms with Crippen molar-refractivity contribution in [2.75, 3.05) is 17.6 Å². The fourth-order valence-electron chi connectivity index (χ4n) is 2.24. The van der Waals surface area contributed by atoms with Crippen LogP contribution in [0.5, 0.6) is 0 Å². The summed E-state index contributed by atoms with van der Waals surface area (Å²) >= 11 is 1.68. The maximum Gasteiger partial charge on any atom is 0.183 e. The summed E-state index contributed by atoms with van der Waals surface area (Å²) < 4.78 is 1.16. The second-order valence-electron chi connectivity index (χ2n) is 5.77. The number of nitrogens with two attached hydrogens (primary N) is 1. The Morgan fingerprint density at radius 2 is 2.00 bits per heavy atom. The van der Waals surface area contributed by atoms with Gasteiger partial charge < -0.3 is 11.1 Å². The number of anilines is 2. The van der Waals surface area contributed by atoms with E-state index in [2.05, 4.69) is 24.1 Å². The number of nitrogens with one attached hydrogen (secondary N) is 1. The lowest BCUT2D eigenvalue weighted by molar-refractivity contribution is 0.523. The highest BCUT2D eigenvalue weighted by Crippen LogP contribution is 2.27. The van der Waals surface area contributed by atoms with Crippen LogP contribution in [0, 0.1) is 5.92 Å². The molecule has 0 aliphatic rings. The van der Waals surface area contributed by atoms with Crippen LogP contribution >= 0.6 is 11.3 Å². The van der Waals surface area contributed by atoms with Crippen molar-refractivity contribution in [3.05, 3.63) is 18.2 Å². The molecule has 0 atom stereocenters. The topological polar surface area (TPSA) is 50.9 Å². The van der Waals surface area contributed by atoms with E-state index < -0.39 is 0 Å². The predicted octanol–water partition coefficient (Wildman–Crippen LogP) is 4.90. The number of rotatable bonds is 8.